The zero-order valence-corrected chi connectivity index (χ0v) is 43.5. The zero-order valence-electron chi connectivity index (χ0n) is 42.5. The van der Waals surface area contributed by atoms with Crippen LogP contribution in [0.3, 0.4) is 0 Å². The SMILES string of the molecule is CC(C)(C)N[C@H]1CC[C@H](N(C(=O)O)c2cc(C=CCCOc3ccc(CCNC[C@H](O[Si](C)(C)C(C)(C)C)c4ccc(OCc5ccccc5)c5[nH]c(=O)ccc45)cc3)ccc2-c2ccccc2)CC1. The minimum Gasteiger partial charge on any atom is -0.493 e. The van der Waals surface area contributed by atoms with Crippen molar-refractivity contribution in [2.45, 2.75) is 129 Å². The molecule has 1 aromatic heterocycles. The molecule has 1 aliphatic rings. The Labute approximate surface area is 416 Å². The lowest BCUT2D eigenvalue weighted by molar-refractivity contribution is 0.182. The maximum atomic E-state index is 13.0. The number of nitrogens with one attached hydrogen (secondary N) is 3. The first-order valence-electron chi connectivity index (χ1n) is 25.0. The van der Waals surface area contributed by atoms with Gasteiger partial charge in [0.1, 0.15) is 18.1 Å². The lowest BCUT2D eigenvalue weighted by Gasteiger charge is -2.39. The predicted molar refractivity (Wildman–Crippen MR) is 290 cm³/mol. The van der Waals surface area contributed by atoms with Crippen LogP contribution in [0.1, 0.15) is 102 Å². The number of H-pyrrole nitrogens is 1. The van der Waals surface area contributed by atoms with Crippen LogP contribution in [0.4, 0.5) is 10.5 Å². The standard InChI is InChI=1S/C59H74N4O6Si/c1-58(2,3)62-46-25-27-47(28-26-46)63(57(65)66)52-39-43(24-31-49(52)45-20-13-10-14-21-45)17-15-16-38-67-48-29-22-42(23-30-48)36-37-60-40-54(69-70(7,8)59(4,5)6)50-32-34-53(56-51(50)33-35-55(64)61-56)68-41-44-18-11-9-12-19-44/h9-15,17-24,29-35,39,46-47,54,60,62H,16,25-28,36-38,40-41H2,1-8H3,(H,61,64)(H,65,66)/t46-,47-,54-/m0/s1. The van der Waals surface area contributed by atoms with Crippen LogP contribution in [0.25, 0.3) is 28.1 Å². The van der Waals surface area contributed by atoms with E-state index in [9.17, 15) is 14.7 Å². The zero-order chi connectivity index (χ0) is 49.9. The number of rotatable bonds is 20. The molecule has 1 fully saturated rings. The molecule has 10 nitrogen and oxygen atoms in total. The molecule has 370 valence electrons. The number of anilines is 1. The molecule has 0 aliphatic heterocycles. The van der Waals surface area contributed by atoms with Gasteiger partial charge in [-0.05, 0) is 142 Å². The monoisotopic (exact) mass is 963 g/mol. The van der Waals surface area contributed by atoms with Crippen molar-refractivity contribution >= 4 is 37.1 Å². The van der Waals surface area contributed by atoms with Crippen molar-refractivity contribution in [3.05, 3.63) is 166 Å². The predicted octanol–water partition coefficient (Wildman–Crippen LogP) is 13.3. The van der Waals surface area contributed by atoms with E-state index in [4.69, 9.17) is 13.9 Å². The summed E-state index contributed by atoms with van der Waals surface area (Å²) in [6.45, 7) is 20.1. The van der Waals surface area contributed by atoms with Crippen LogP contribution in [-0.4, -0.2) is 61.8 Å². The van der Waals surface area contributed by atoms with Crippen LogP contribution >= 0.6 is 0 Å². The molecule has 1 aliphatic carbocycles. The van der Waals surface area contributed by atoms with E-state index >= 15 is 0 Å². The smallest absolute Gasteiger partial charge is 0.412 e. The Morgan fingerprint density at radius 1 is 0.829 bits per heavy atom. The van der Waals surface area contributed by atoms with Crippen molar-refractivity contribution in [1.82, 2.24) is 15.6 Å². The van der Waals surface area contributed by atoms with E-state index in [0.717, 1.165) is 83.3 Å². The highest BCUT2D eigenvalue weighted by Gasteiger charge is 2.40. The van der Waals surface area contributed by atoms with Gasteiger partial charge in [0.2, 0.25) is 5.56 Å². The summed E-state index contributed by atoms with van der Waals surface area (Å²) in [5, 5.41) is 19.0. The first-order valence-corrected chi connectivity index (χ1v) is 27.9. The molecule has 1 heterocycles. The topological polar surface area (TPSA) is 125 Å². The molecule has 0 saturated heterocycles. The van der Waals surface area contributed by atoms with Crippen molar-refractivity contribution in [3.8, 4) is 22.6 Å². The second-order valence-electron chi connectivity index (χ2n) is 21.2. The van der Waals surface area contributed by atoms with Crippen LogP contribution < -0.4 is 30.6 Å². The number of fused-ring (bicyclic) bond motifs is 1. The summed E-state index contributed by atoms with van der Waals surface area (Å²) < 4.78 is 19.5. The highest BCUT2D eigenvalue weighted by molar-refractivity contribution is 6.74. The number of aromatic amines is 1. The molecule has 0 spiro atoms. The maximum Gasteiger partial charge on any atom is 0.412 e. The molecule has 1 amide bonds. The second-order valence-corrected chi connectivity index (χ2v) is 26.0. The van der Waals surface area contributed by atoms with Crippen molar-refractivity contribution in [3.63, 3.8) is 0 Å². The van der Waals surface area contributed by atoms with Crippen LogP contribution in [0.2, 0.25) is 18.1 Å². The van der Waals surface area contributed by atoms with Crippen molar-refractivity contribution in [2.75, 3.05) is 24.6 Å². The normalized spacial score (nSPS) is 16.1. The number of nitrogens with zero attached hydrogens (tertiary/aromatic N) is 1. The number of carboxylic acid groups (broad SMARTS) is 1. The molecular formula is C59H74N4O6Si. The van der Waals surface area contributed by atoms with Gasteiger partial charge in [-0.3, -0.25) is 9.69 Å². The number of benzene rings is 5. The van der Waals surface area contributed by atoms with E-state index in [1.54, 1.807) is 11.0 Å². The molecule has 0 unspecified atom stereocenters. The fourth-order valence-electron chi connectivity index (χ4n) is 9.07. The van der Waals surface area contributed by atoms with Crippen LogP contribution in [0, 0.1) is 0 Å². The van der Waals surface area contributed by atoms with E-state index in [2.05, 4.69) is 113 Å². The van der Waals surface area contributed by atoms with Crippen LogP contribution in [-0.2, 0) is 17.5 Å². The average Bonchev–Trinajstić information content (AvgIpc) is 3.32. The number of amides is 1. The van der Waals surface area contributed by atoms with Gasteiger partial charge in [-0.15, -0.1) is 0 Å². The van der Waals surface area contributed by atoms with E-state index in [0.29, 0.717) is 43.5 Å². The lowest BCUT2D eigenvalue weighted by Crippen LogP contribution is -2.49. The summed E-state index contributed by atoms with van der Waals surface area (Å²) >= 11 is 0. The quantitative estimate of drug-likeness (QED) is 0.0440. The summed E-state index contributed by atoms with van der Waals surface area (Å²) in [5.41, 5.74) is 7.36. The Bertz CT molecular complexity index is 2720. The third kappa shape index (κ3) is 14.1. The molecular weight excluding hydrogens is 889 g/mol. The van der Waals surface area contributed by atoms with Gasteiger partial charge in [0.05, 0.1) is 23.9 Å². The molecule has 4 N–H and O–H groups in total. The number of aromatic nitrogens is 1. The molecule has 11 heteroatoms. The van der Waals surface area contributed by atoms with E-state index in [-0.39, 0.29) is 28.3 Å². The van der Waals surface area contributed by atoms with Gasteiger partial charge in [0, 0.05) is 41.2 Å². The number of hydrogen-bond donors (Lipinski definition) is 4. The molecule has 0 bridgehead atoms. The Morgan fingerprint density at radius 3 is 2.20 bits per heavy atom. The molecule has 1 saturated carbocycles. The van der Waals surface area contributed by atoms with E-state index in [1.807, 2.05) is 91.0 Å². The van der Waals surface area contributed by atoms with Crippen molar-refractivity contribution < 1.29 is 23.8 Å². The van der Waals surface area contributed by atoms with Gasteiger partial charge in [0.25, 0.3) is 0 Å². The van der Waals surface area contributed by atoms with Gasteiger partial charge in [-0.25, -0.2) is 4.79 Å². The summed E-state index contributed by atoms with van der Waals surface area (Å²) in [6.07, 6.45) is 8.01. The highest BCUT2D eigenvalue weighted by atomic mass is 28.4. The average molecular weight is 963 g/mol. The minimum atomic E-state index is -2.21. The third-order valence-electron chi connectivity index (χ3n) is 13.7. The van der Waals surface area contributed by atoms with Crippen LogP contribution in [0.15, 0.2) is 138 Å². The molecule has 5 aromatic carbocycles. The molecule has 70 heavy (non-hydrogen) atoms. The van der Waals surface area contributed by atoms with Crippen molar-refractivity contribution in [1.29, 1.82) is 0 Å². The van der Waals surface area contributed by atoms with E-state index in [1.165, 1.54) is 5.56 Å². The minimum absolute atomic E-state index is 0.00264. The molecule has 6 aromatic rings. The Morgan fingerprint density at radius 2 is 1.53 bits per heavy atom. The third-order valence-corrected chi connectivity index (χ3v) is 18.2. The van der Waals surface area contributed by atoms with Gasteiger partial charge < -0.3 is 34.6 Å². The van der Waals surface area contributed by atoms with Gasteiger partial charge in [-0.2, -0.15) is 0 Å². The largest absolute Gasteiger partial charge is 0.493 e. The first-order chi connectivity index (χ1) is 33.4. The van der Waals surface area contributed by atoms with Crippen molar-refractivity contribution in [2.24, 2.45) is 0 Å². The Balaban J connectivity index is 0.949. The maximum absolute atomic E-state index is 13.0. The fraction of sp³-hybridized carbons (Fsp3) is 0.390. The number of hydrogen-bond acceptors (Lipinski definition) is 7. The summed E-state index contributed by atoms with van der Waals surface area (Å²) in [5.74, 6) is 1.44. The molecule has 1 atom stereocenters. The summed E-state index contributed by atoms with van der Waals surface area (Å²) in [4.78, 5) is 30.3. The highest BCUT2D eigenvalue weighted by Crippen LogP contribution is 2.42. The van der Waals surface area contributed by atoms with Gasteiger partial charge in [0.15, 0.2) is 8.32 Å². The second kappa shape index (κ2) is 23.3. The Kier molecular flexibility index (Phi) is 17.3. The molecule has 0 radical (unpaired) electrons. The summed E-state index contributed by atoms with van der Waals surface area (Å²) in [6, 6.07) is 42.3. The first kappa shape index (κ1) is 51.9. The number of pyridine rings is 1. The van der Waals surface area contributed by atoms with Gasteiger partial charge in [-0.1, -0.05) is 124 Å². The van der Waals surface area contributed by atoms with E-state index < -0.39 is 14.4 Å². The van der Waals surface area contributed by atoms with Crippen LogP contribution in [0.5, 0.6) is 11.5 Å². The number of ether oxygens (including phenoxy) is 2. The lowest BCUT2D eigenvalue weighted by atomic mass is 9.88. The van der Waals surface area contributed by atoms with Gasteiger partial charge >= 0.3 is 6.09 Å². The Hall–Kier alpha value is -5.98. The number of carbonyl (C=O) groups is 1. The molecule has 7 rings (SSSR count). The fourth-order valence-corrected chi connectivity index (χ4v) is 10.3. The summed E-state index contributed by atoms with van der Waals surface area (Å²) in [7, 11) is -2.21.